The van der Waals surface area contributed by atoms with Crippen molar-refractivity contribution in [1.82, 2.24) is 15.0 Å². The number of furan rings is 1. The van der Waals surface area contributed by atoms with E-state index in [-0.39, 0.29) is 32.8 Å². The lowest BCUT2D eigenvalue weighted by Crippen LogP contribution is -2.42. The van der Waals surface area contributed by atoms with Gasteiger partial charge in [0, 0.05) is 33.0 Å². The van der Waals surface area contributed by atoms with Crippen molar-refractivity contribution in [2.75, 3.05) is 0 Å². The summed E-state index contributed by atoms with van der Waals surface area (Å²) in [4.78, 5) is 14.5. The molecule has 0 saturated carbocycles. The Kier molecular flexibility index (Phi) is 7.17. The molecular formula is C33H14B6BrN3O. The van der Waals surface area contributed by atoms with Gasteiger partial charge in [-0.3, -0.25) is 0 Å². The Bertz CT molecular complexity index is 2200. The number of halogens is 1. The van der Waals surface area contributed by atoms with Gasteiger partial charge >= 0.3 is 0 Å². The Labute approximate surface area is 270 Å². The van der Waals surface area contributed by atoms with Crippen LogP contribution in [0.1, 0.15) is 0 Å². The van der Waals surface area contributed by atoms with Gasteiger partial charge in [-0.25, -0.2) is 15.0 Å². The van der Waals surface area contributed by atoms with Gasteiger partial charge in [-0.2, -0.15) is 0 Å². The quantitative estimate of drug-likeness (QED) is 0.285. The highest BCUT2D eigenvalue weighted by atomic mass is 79.9. The summed E-state index contributed by atoms with van der Waals surface area (Å²) in [5, 5.41) is 0.993. The fourth-order valence-electron chi connectivity index (χ4n) is 5.37. The first kappa shape index (κ1) is 28.5. The van der Waals surface area contributed by atoms with Gasteiger partial charge in [0.1, 0.15) is 58.2 Å². The average molecular weight is 613 g/mol. The van der Waals surface area contributed by atoms with Crippen LogP contribution in [0, 0.1) is 0 Å². The van der Waals surface area contributed by atoms with Crippen LogP contribution in [0.2, 0.25) is 0 Å². The molecule has 0 fully saturated rings. The zero-order chi connectivity index (χ0) is 30.7. The van der Waals surface area contributed by atoms with Crippen molar-refractivity contribution >= 4 is 118 Å². The fourth-order valence-corrected chi connectivity index (χ4v) is 5.86. The van der Waals surface area contributed by atoms with Crippen LogP contribution in [-0.2, 0) is 0 Å². The van der Waals surface area contributed by atoms with E-state index in [9.17, 15) is 0 Å². The topological polar surface area (TPSA) is 51.8 Å². The largest absolute Gasteiger partial charge is 0.454 e. The summed E-state index contributed by atoms with van der Waals surface area (Å²) in [7, 11) is 38.5. The van der Waals surface area contributed by atoms with Crippen LogP contribution in [0.25, 0.3) is 67.2 Å². The molecule has 11 heteroatoms. The summed E-state index contributed by atoms with van der Waals surface area (Å²) >= 11 is 3.50. The Morgan fingerprint density at radius 2 is 0.909 bits per heavy atom. The van der Waals surface area contributed by atoms with E-state index >= 15 is 0 Å². The molecule has 0 aliphatic carbocycles. The molecule has 2 aromatic heterocycles. The van der Waals surface area contributed by atoms with E-state index < -0.39 is 0 Å². The van der Waals surface area contributed by atoms with Gasteiger partial charge in [0.25, 0.3) is 0 Å². The SMILES string of the molecule is [B]c1c([B])c([B])c2c(oc3c(-c4cccc(-c5nc(-c6ccccc6)nc(-c6ccccc6)n5)c4)c([B])c([B])c([B])c32)c1Br. The second-order valence-electron chi connectivity index (χ2n) is 10.3. The summed E-state index contributed by atoms with van der Waals surface area (Å²) in [5.41, 5.74) is 5.88. The number of rotatable bonds is 4. The molecule has 4 nitrogen and oxygen atoms in total. The maximum atomic E-state index is 6.63. The number of hydrogen-bond donors (Lipinski definition) is 0. The molecule has 0 unspecified atom stereocenters. The second kappa shape index (κ2) is 11.0. The van der Waals surface area contributed by atoms with Crippen molar-refractivity contribution in [2.45, 2.75) is 0 Å². The number of hydrogen-bond acceptors (Lipinski definition) is 4. The first-order valence-corrected chi connectivity index (χ1v) is 14.4. The highest BCUT2D eigenvalue weighted by Gasteiger charge is 2.23. The minimum Gasteiger partial charge on any atom is -0.454 e. The minimum absolute atomic E-state index is 0.199. The predicted molar refractivity (Wildman–Crippen MR) is 189 cm³/mol. The maximum Gasteiger partial charge on any atom is 0.164 e. The van der Waals surface area contributed by atoms with Crippen LogP contribution < -0.4 is 32.8 Å². The van der Waals surface area contributed by atoms with Gasteiger partial charge < -0.3 is 4.42 Å². The lowest BCUT2D eigenvalue weighted by molar-refractivity contribution is 0.669. The minimum atomic E-state index is 0.199. The van der Waals surface area contributed by atoms with E-state index in [1.807, 2.05) is 84.9 Å². The molecule has 0 saturated heterocycles. The Balaban J connectivity index is 1.48. The van der Waals surface area contributed by atoms with Crippen molar-refractivity contribution in [2.24, 2.45) is 0 Å². The van der Waals surface area contributed by atoms with E-state index in [1.165, 1.54) is 0 Å². The van der Waals surface area contributed by atoms with E-state index in [4.69, 9.17) is 66.4 Å². The van der Waals surface area contributed by atoms with Gasteiger partial charge in [-0.1, -0.05) is 101 Å². The van der Waals surface area contributed by atoms with E-state index in [0.29, 0.717) is 55.0 Å². The number of fused-ring (bicyclic) bond motifs is 3. The molecule has 7 aromatic rings. The summed E-state index contributed by atoms with van der Waals surface area (Å²) in [5.74, 6) is 1.58. The third-order valence-electron chi connectivity index (χ3n) is 7.65. The Hall–Kier alpha value is -4.22. The number of nitrogens with zero attached hydrogens (tertiary/aromatic N) is 3. The molecule has 0 spiro atoms. The maximum absolute atomic E-state index is 6.63. The monoisotopic (exact) mass is 613 g/mol. The third kappa shape index (κ3) is 4.57. The molecule has 5 aromatic carbocycles. The van der Waals surface area contributed by atoms with Gasteiger partial charge in [0.2, 0.25) is 0 Å². The number of benzene rings is 5. The molecule has 0 N–H and O–H groups in total. The van der Waals surface area contributed by atoms with Gasteiger partial charge in [0.05, 0.1) is 4.47 Å². The first-order chi connectivity index (χ1) is 21.2. The molecule has 44 heavy (non-hydrogen) atoms. The lowest BCUT2D eigenvalue weighted by Gasteiger charge is -2.16. The summed E-state index contributed by atoms with van der Waals surface area (Å²) in [6.45, 7) is 0. The summed E-state index contributed by atoms with van der Waals surface area (Å²) < 4.78 is 6.84. The lowest BCUT2D eigenvalue weighted by atomic mass is 9.66. The summed E-state index contributed by atoms with van der Waals surface area (Å²) in [6.07, 6.45) is 0. The van der Waals surface area contributed by atoms with E-state index in [1.54, 1.807) is 0 Å². The van der Waals surface area contributed by atoms with E-state index in [2.05, 4.69) is 15.9 Å². The normalized spacial score (nSPS) is 11.4. The Morgan fingerprint density at radius 1 is 0.455 bits per heavy atom. The first-order valence-electron chi connectivity index (χ1n) is 13.6. The number of aromatic nitrogens is 3. The van der Waals surface area contributed by atoms with Crippen molar-refractivity contribution in [3.63, 3.8) is 0 Å². The molecule has 0 bridgehead atoms. The zero-order valence-corrected chi connectivity index (χ0v) is 24.8. The Morgan fingerprint density at radius 3 is 1.48 bits per heavy atom. The van der Waals surface area contributed by atoms with Gasteiger partial charge in [-0.05, 0) is 27.6 Å². The van der Waals surface area contributed by atoms with Gasteiger partial charge in [0.15, 0.2) is 17.5 Å². The molecule has 0 aliphatic heterocycles. The third-order valence-corrected chi connectivity index (χ3v) is 8.44. The van der Waals surface area contributed by atoms with Crippen LogP contribution in [0.5, 0.6) is 0 Å². The molecule has 0 amide bonds. The predicted octanol–water partition coefficient (Wildman–Crippen LogP) is 1.96. The fraction of sp³-hybridized carbons (Fsp3) is 0. The van der Waals surface area contributed by atoms with Crippen LogP contribution in [0.3, 0.4) is 0 Å². The van der Waals surface area contributed by atoms with Crippen molar-refractivity contribution in [3.8, 4) is 45.3 Å². The molecule has 7 rings (SSSR count). The highest BCUT2D eigenvalue weighted by molar-refractivity contribution is 9.10. The highest BCUT2D eigenvalue weighted by Crippen LogP contribution is 2.36. The van der Waals surface area contributed by atoms with Crippen molar-refractivity contribution < 1.29 is 4.42 Å². The average Bonchev–Trinajstić information content (AvgIpc) is 3.47. The second-order valence-corrected chi connectivity index (χ2v) is 11.1. The molecule has 2 heterocycles. The van der Waals surface area contributed by atoms with Crippen LogP contribution in [0.4, 0.5) is 0 Å². The summed E-state index contributed by atoms with van der Waals surface area (Å²) in [6, 6.07) is 27.2. The smallest absolute Gasteiger partial charge is 0.164 e. The van der Waals surface area contributed by atoms with Crippen molar-refractivity contribution in [1.29, 1.82) is 0 Å². The molecule has 12 radical (unpaired) electrons. The van der Waals surface area contributed by atoms with E-state index in [0.717, 1.165) is 16.7 Å². The molecule has 0 atom stereocenters. The standard InChI is InChI=1S/C33H14B6BrN3O/c34-22-19(29-20(23(35)25(22)37)21-24(36)26(38)27(39)28(40)30(21)44-29)17-12-7-13-18(14-17)33-42-31(15-8-3-1-4-9-15)41-32(43-33)16-10-5-2-6-11-16/h1-14H. The zero-order valence-electron chi connectivity index (χ0n) is 23.2. The molecule has 0 aliphatic rings. The molecule has 192 valence electrons. The molecular weight excluding hydrogens is 599 g/mol. The van der Waals surface area contributed by atoms with Crippen LogP contribution >= 0.6 is 15.9 Å². The van der Waals surface area contributed by atoms with Crippen LogP contribution in [0.15, 0.2) is 93.8 Å². The van der Waals surface area contributed by atoms with Gasteiger partial charge in [-0.15, -0.1) is 10.9 Å². The van der Waals surface area contributed by atoms with Crippen molar-refractivity contribution in [3.05, 3.63) is 89.4 Å². The van der Waals surface area contributed by atoms with Crippen LogP contribution in [-0.4, -0.2) is 62.0 Å².